The molecule has 0 unspecified atom stereocenters. The molecule has 0 bridgehead atoms. The number of rotatable bonds is 4. The fourth-order valence-corrected chi connectivity index (χ4v) is 2.33. The van der Waals surface area contributed by atoms with Gasteiger partial charge in [0.1, 0.15) is 5.75 Å². The molecule has 0 saturated heterocycles. The normalized spacial score (nSPS) is 10.8. The average Bonchev–Trinajstić information content (AvgIpc) is 2.40. The molecule has 2 aromatic carbocycles. The monoisotopic (exact) mass is 324 g/mol. The van der Waals surface area contributed by atoms with Crippen LogP contribution in [0.2, 0.25) is 10.0 Å². The molecule has 0 aliphatic heterocycles. The zero-order valence-corrected chi connectivity index (χ0v) is 13.7. The second-order valence-corrected chi connectivity index (χ2v) is 5.90. The SMILES string of the molecule is Cc1cc(Cl)c(Nc2cccc(OC(C)C)c2N)cc1Cl. The molecule has 3 nitrogen and oxygen atoms in total. The molecule has 112 valence electrons. The van der Waals surface area contributed by atoms with Crippen LogP contribution in [0.15, 0.2) is 30.3 Å². The lowest BCUT2D eigenvalue weighted by Crippen LogP contribution is -2.08. The Morgan fingerprint density at radius 3 is 2.48 bits per heavy atom. The van der Waals surface area contributed by atoms with Crippen molar-refractivity contribution in [3.05, 3.63) is 45.9 Å². The summed E-state index contributed by atoms with van der Waals surface area (Å²) in [4.78, 5) is 0. The number of nitrogens with two attached hydrogens (primary N) is 1. The summed E-state index contributed by atoms with van der Waals surface area (Å²) in [5.41, 5.74) is 9.04. The van der Waals surface area contributed by atoms with Crippen molar-refractivity contribution in [1.29, 1.82) is 0 Å². The standard InChI is InChI=1S/C16H18Cl2N2O/c1-9(2)21-15-6-4-5-13(16(15)19)20-14-8-11(17)10(3)7-12(14)18/h4-9,20H,19H2,1-3H3. The third kappa shape index (κ3) is 3.74. The van der Waals surface area contributed by atoms with Crippen LogP contribution in [0.4, 0.5) is 17.1 Å². The quantitative estimate of drug-likeness (QED) is 0.738. The van der Waals surface area contributed by atoms with Gasteiger partial charge in [-0.1, -0.05) is 29.3 Å². The van der Waals surface area contributed by atoms with E-state index in [0.29, 0.717) is 27.2 Å². The molecule has 0 heterocycles. The van der Waals surface area contributed by atoms with Crippen molar-refractivity contribution in [2.45, 2.75) is 26.9 Å². The van der Waals surface area contributed by atoms with Crippen molar-refractivity contribution in [2.24, 2.45) is 0 Å². The van der Waals surface area contributed by atoms with E-state index in [4.69, 9.17) is 33.7 Å². The lowest BCUT2D eigenvalue weighted by Gasteiger charge is -2.16. The third-order valence-corrected chi connectivity index (χ3v) is 3.67. The largest absolute Gasteiger partial charge is 0.489 e. The molecule has 0 saturated carbocycles. The number of hydrogen-bond donors (Lipinski definition) is 2. The van der Waals surface area contributed by atoms with Gasteiger partial charge in [-0.25, -0.2) is 0 Å². The lowest BCUT2D eigenvalue weighted by atomic mass is 10.2. The van der Waals surface area contributed by atoms with Gasteiger partial charge < -0.3 is 15.8 Å². The Morgan fingerprint density at radius 2 is 1.81 bits per heavy atom. The average molecular weight is 325 g/mol. The summed E-state index contributed by atoms with van der Waals surface area (Å²) in [7, 11) is 0. The van der Waals surface area contributed by atoms with Crippen LogP contribution in [0.1, 0.15) is 19.4 Å². The fourth-order valence-electron chi connectivity index (χ4n) is 1.90. The van der Waals surface area contributed by atoms with E-state index in [-0.39, 0.29) is 6.10 Å². The minimum Gasteiger partial charge on any atom is -0.489 e. The molecule has 0 radical (unpaired) electrons. The summed E-state index contributed by atoms with van der Waals surface area (Å²) in [5, 5.41) is 4.44. The Hall–Kier alpha value is -1.58. The van der Waals surface area contributed by atoms with Crippen LogP contribution in [0.25, 0.3) is 0 Å². The van der Waals surface area contributed by atoms with Crippen LogP contribution in [-0.2, 0) is 0 Å². The van der Waals surface area contributed by atoms with Crippen molar-refractivity contribution >= 4 is 40.3 Å². The zero-order valence-electron chi connectivity index (χ0n) is 12.2. The van der Waals surface area contributed by atoms with Crippen LogP contribution in [0.3, 0.4) is 0 Å². The molecule has 3 N–H and O–H groups in total. The maximum Gasteiger partial charge on any atom is 0.144 e. The zero-order chi connectivity index (χ0) is 15.6. The van der Waals surface area contributed by atoms with E-state index in [1.165, 1.54) is 0 Å². The van der Waals surface area contributed by atoms with Crippen molar-refractivity contribution in [3.8, 4) is 5.75 Å². The summed E-state index contributed by atoms with van der Waals surface area (Å²) in [6.07, 6.45) is 0.0555. The van der Waals surface area contributed by atoms with Crippen LogP contribution in [-0.4, -0.2) is 6.10 Å². The van der Waals surface area contributed by atoms with E-state index in [1.807, 2.05) is 45.0 Å². The molecule has 0 aromatic heterocycles. The van der Waals surface area contributed by atoms with Crippen LogP contribution in [0, 0.1) is 6.92 Å². The first-order chi connectivity index (χ1) is 9.88. The highest BCUT2D eigenvalue weighted by Crippen LogP contribution is 2.36. The Kier molecular flexibility index (Phi) is 4.86. The van der Waals surface area contributed by atoms with Crippen molar-refractivity contribution in [1.82, 2.24) is 0 Å². The van der Waals surface area contributed by atoms with Gasteiger partial charge in [-0.05, 0) is 50.6 Å². The van der Waals surface area contributed by atoms with E-state index in [9.17, 15) is 0 Å². The Balaban J connectivity index is 2.34. The van der Waals surface area contributed by atoms with Gasteiger partial charge in [-0.2, -0.15) is 0 Å². The Labute approximate surface area is 135 Å². The maximum absolute atomic E-state index is 6.23. The van der Waals surface area contributed by atoms with Gasteiger partial charge in [0, 0.05) is 5.02 Å². The number of nitrogens with one attached hydrogen (secondary N) is 1. The van der Waals surface area contributed by atoms with Gasteiger partial charge in [-0.15, -0.1) is 0 Å². The summed E-state index contributed by atoms with van der Waals surface area (Å²) in [6, 6.07) is 9.18. The highest BCUT2D eigenvalue weighted by molar-refractivity contribution is 6.35. The molecule has 0 fully saturated rings. The summed E-state index contributed by atoms with van der Waals surface area (Å²) >= 11 is 12.4. The molecule has 21 heavy (non-hydrogen) atoms. The fraction of sp³-hybridized carbons (Fsp3) is 0.250. The third-order valence-electron chi connectivity index (χ3n) is 2.95. The Morgan fingerprint density at radius 1 is 1.10 bits per heavy atom. The molecule has 2 aromatic rings. The molecule has 0 aliphatic carbocycles. The van der Waals surface area contributed by atoms with E-state index in [2.05, 4.69) is 5.32 Å². The molecule has 0 aliphatic rings. The van der Waals surface area contributed by atoms with Gasteiger partial charge >= 0.3 is 0 Å². The minimum atomic E-state index is 0.0555. The topological polar surface area (TPSA) is 47.3 Å². The highest BCUT2D eigenvalue weighted by Gasteiger charge is 2.10. The van der Waals surface area contributed by atoms with E-state index >= 15 is 0 Å². The van der Waals surface area contributed by atoms with Gasteiger partial charge in [0.15, 0.2) is 0 Å². The number of nitrogen functional groups attached to an aromatic ring is 1. The molecule has 0 amide bonds. The maximum atomic E-state index is 6.23. The number of aryl methyl sites for hydroxylation is 1. The number of anilines is 3. The number of benzene rings is 2. The summed E-state index contributed by atoms with van der Waals surface area (Å²) in [6.45, 7) is 5.82. The molecule has 2 rings (SSSR count). The minimum absolute atomic E-state index is 0.0555. The van der Waals surface area contributed by atoms with Crippen molar-refractivity contribution in [2.75, 3.05) is 11.1 Å². The number of hydrogen-bond acceptors (Lipinski definition) is 3. The number of para-hydroxylation sites is 1. The Bertz CT molecular complexity index is 657. The molecule has 0 spiro atoms. The van der Waals surface area contributed by atoms with Crippen LogP contribution < -0.4 is 15.8 Å². The highest BCUT2D eigenvalue weighted by atomic mass is 35.5. The first-order valence-electron chi connectivity index (χ1n) is 6.66. The van der Waals surface area contributed by atoms with E-state index < -0.39 is 0 Å². The van der Waals surface area contributed by atoms with Gasteiger partial charge in [0.2, 0.25) is 0 Å². The van der Waals surface area contributed by atoms with E-state index in [0.717, 1.165) is 11.3 Å². The number of halogens is 2. The second kappa shape index (κ2) is 6.46. The first-order valence-corrected chi connectivity index (χ1v) is 7.42. The van der Waals surface area contributed by atoms with Gasteiger partial charge in [-0.3, -0.25) is 0 Å². The van der Waals surface area contributed by atoms with E-state index in [1.54, 1.807) is 6.07 Å². The van der Waals surface area contributed by atoms with Crippen molar-refractivity contribution < 1.29 is 4.74 Å². The lowest BCUT2D eigenvalue weighted by molar-refractivity contribution is 0.244. The predicted octanol–water partition coefficient (Wildman–Crippen LogP) is 5.41. The summed E-state index contributed by atoms with van der Waals surface area (Å²) < 4.78 is 5.67. The summed E-state index contributed by atoms with van der Waals surface area (Å²) in [5.74, 6) is 0.643. The predicted molar refractivity (Wildman–Crippen MR) is 91.1 cm³/mol. The first kappa shape index (κ1) is 15.8. The number of ether oxygens (including phenoxy) is 1. The second-order valence-electron chi connectivity index (χ2n) is 5.09. The smallest absolute Gasteiger partial charge is 0.144 e. The molecule has 0 atom stereocenters. The van der Waals surface area contributed by atoms with Crippen molar-refractivity contribution in [3.63, 3.8) is 0 Å². The van der Waals surface area contributed by atoms with Crippen LogP contribution in [0.5, 0.6) is 5.75 Å². The van der Waals surface area contributed by atoms with Gasteiger partial charge in [0.25, 0.3) is 0 Å². The van der Waals surface area contributed by atoms with Gasteiger partial charge in [0.05, 0.1) is 28.2 Å². The molecule has 5 heteroatoms. The van der Waals surface area contributed by atoms with Crippen LogP contribution >= 0.6 is 23.2 Å². The molecular formula is C16H18Cl2N2O. The molecular weight excluding hydrogens is 307 g/mol.